The van der Waals surface area contributed by atoms with Crippen LogP contribution in [-0.4, -0.2) is 26.3 Å². The number of hydrogen-bond donors (Lipinski definition) is 1. The van der Waals surface area contributed by atoms with Gasteiger partial charge in [-0.3, -0.25) is 4.98 Å². The molecule has 1 N–H and O–H groups in total. The zero-order chi connectivity index (χ0) is 15.4. The molecular formula is C15H16Br2N2O2. The van der Waals surface area contributed by atoms with Crippen molar-refractivity contribution in [2.24, 2.45) is 0 Å². The van der Waals surface area contributed by atoms with E-state index in [1.807, 2.05) is 31.3 Å². The molecule has 4 nitrogen and oxygen atoms in total. The summed E-state index contributed by atoms with van der Waals surface area (Å²) in [5.74, 6) is 1.51. The largest absolute Gasteiger partial charge is 0.496 e. The molecule has 0 bridgehead atoms. The number of aromatic nitrogens is 1. The van der Waals surface area contributed by atoms with Gasteiger partial charge in [0.1, 0.15) is 11.5 Å². The fraction of sp³-hybridized carbons (Fsp3) is 0.267. The monoisotopic (exact) mass is 414 g/mol. The minimum atomic E-state index is -0.154. The summed E-state index contributed by atoms with van der Waals surface area (Å²) in [5, 5.41) is 3.28. The Bertz CT molecular complexity index is 613. The van der Waals surface area contributed by atoms with Crippen molar-refractivity contribution in [1.29, 1.82) is 0 Å². The molecule has 1 aromatic carbocycles. The van der Waals surface area contributed by atoms with E-state index in [0.717, 1.165) is 31.7 Å². The Balaban J connectivity index is 2.61. The van der Waals surface area contributed by atoms with Crippen LogP contribution >= 0.6 is 31.9 Å². The van der Waals surface area contributed by atoms with Gasteiger partial charge in [0.25, 0.3) is 0 Å². The molecule has 0 radical (unpaired) electrons. The molecule has 2 rings (SSSR count). The Morgan fingerprint density at radius 2 is 1.76 bits per heavy atom. The molecule has 0 saturated carbocycles. The third-order valence-electron chi connectivity index (χ3n) is 3.15. The molecule has 0 fully saturated rings. The van der Waals surface area contributed by atoms with Gasteiger partial charge < -0.3 is 14.8 Å². The second-order valence-electron chi connectivity index (χ2n) is 4.32. The lowest BCUT2D eigenvalue weighted by atomic mass is 10.0. The van der Waals surface area contributed by atoms with Crippen molar-refractivity contribution >= 4 is 31.9 Å². The first-order valence-electron chi connectivity index (χ1n) is 6.31. The van der Waals surface area contributed by atoms with Gasteiger partial charge in [0.2, 0.25) is 0 Å². The molecule has 0 aliphatic carbocycles. The van der Waals surface area contributed by atoms with Gasteiger partial charge in [-0.1, -0.05) is 6.07 Å². The van der Waals surface area contributed by atoms with E-state index in [1.54, 1.807) is 20.4 Å². The molecule has 0 aliphatic rings. The molecule has 0 aliphatic heterocycles. The number of hydrogen-bond acceptors (Lipinski definition) is 4. The van der Waals surface area contributed by atoms with Crippen LogP contribution in [-0.2, 0) is 0 Å². The van der Waals surface area contributed by atoms with Crippen molar-refractivity contribution in [3.05, 3.63) is 50.7 Å². The summed E-state index contributed by atoms with van der Waals surface area (Å²) < 4.78 is 12.8. The van der Waals surface area contributed by atoms with Crippen molar-refractivity contribution in [1.82, 2.24) is 10.3 Å². The molecule has 1 aromatic heterocycles. The molecule has 0 saturated heterocycles. The van der Waals surface area contributed by atoms with Crippen LogP contribution in [0.5, 0.6) is 11.5 Å². The van der Waals surface area contributed by atoms with Crippen LogP contribution < -0.4 is 14.8 Å². The lowest BCUT2D eigenvalue weighted by Gasteiger charge is -2.22. The number of benzene rings is 1. The number of halogens is 2. The number of rotatable bonds is 5. The van der Waals surface area contributed by atoms with Crippen LogP contribution in [0.3, 0.4) is 0 Å². The van der Waals surface area contributed by atoms with Gasteiger partial charge in [0.15, 0.2) is 0 Å². The zero-order valence-electron chi connectivity index (χ0n) is 12.0. The van der Waals surface area contributed by atoms with Crippen LogP contribution in [0, 0.1) is 0 Å². The van der Waals surface area contributed by atoms with Crippen LogP contribution in [0.2, 0.25) is 0 Å². The van der Waals surface area contributed by atoms with E-state index in [2.05, 4.69) is 42.2 Å². The predicted molar refractivity (Wildman–Crippen MR) is 90.1 cm³/mol. The van der Waals surface area contributed by atoms with Crippen molar-refractivity contribution < 1.29 is 9.47 Å². The van der Waals surface area contributed by atoms with E-state index in [9.17, 15) is 0 Å². The van der Waals surface area contributed by atoms with Gasteiger partial charge in [-0.05, 0) is 57.1 Å². The van der Waals surface area contributed by atoms with E-state index < -0.39 is 0 Å². The zero-order valence-corrected chi connectivity index (χ0v) is 15.2. The number of nitrogens with zero attached hydrogens (tertiary/aromatic N) is 1. The maximum atomic E-state index is 5.48. The molecule has 112 valence electrons. The van der Waals surface area contributed by atoms with E-state index in [-0.39, 0.29) is 6.04 Å². The number of ether oxygens (including phenoxy) is 2. The molecule has 1 atom stereocenters. The first kappa shape index (κ1) is 16.3. The Morgan fingerprint density at radius 1 is 1.14 bits per heavy atom. The topological polar surface area (TPSA) is 43.4 Å². The smallest absolute Gasteiger partial charge is 0.127 e. The summed E-state index contributed by atoms with van der Waals surface area (Å²) in [6, 6.07) is 7.54. The summed E-state index contributed by atoms with van der Waals surface area (Å²) in [4.78, 5) is 4.51. The number of nitrogens with one attached hydrogen (secondary N) is 1. The first-order valence-corrected chi connectivity index (χ1v) is 7.90. The Kier molecular flexibility index (Phi) is 5.61. The van der Waals surface area contributed by atoms with E-state index in [0.29, 0.717) is 0 Å². The van der Waals surface area contributed by atoms with Crippen LogP contribution in [0.15, 0.2) is 39.4 Å². The van der Waals surface area contributed by atoms with Gasteiger partial charge in [-0.15, -0.1) is 0 Å². The number of methoxy groups -OCH3 is 2. The Morgan fingerprint density at radius 3 is 2.24 bits per heavy atom. The predicted octanol–water partition coefficient (Wildman–Crippen LogP) is 3.93. The molecule has 0 spiro atoms. The summed E-state index contributed by atoms with van der Waals surface area (Å²) in [5.41, 5.74) is 1.78. The van der Waals surface area contributed by atoms with E-state index in [1.165, 1.54) is 0 Å². The lowest BCUT2D eigenvalue weighted by molar-refractivity contribution is 0.378. The molecular weight excluding hydrogens is 400 g/mol. The van der Waals surface area contributed by atoms with Crippen molar-refractivity contribution in [2.75, 3.05) is 21.3 Å². The normalized spacial score (nSPS) is 12.0. The molecule has 1 unspecified atom stereocenters. The van der Waals surface area contributed by atoms with Gasteiger partial charge in [0.05, 0.1) is 31.5 Å². The highest BCUT2D eigenvalue weighted by molar-refractivity contribution is 9.11. The number of pyridine rings is 1. The summed E-state index contributed by atoms with van der Waals surface area (Å²) in [6.45, 7) is 0. The van der Waals surface area contributed by atoms with Crippen molar-refractivity contribution in [2.45, 2.75) is 6.04 Å². The highest BCUT2D eigenvalue weighted by Gasteiger charge is 2.24. The summed E-state index contributed by atoms with van der Waals surface area (Å²) >= 11 is 6.98. The Labute approximate surface area is 141 Å². The first-order chi connectivity index (χ1) is 10.1. The van der Waals surface area contributed by atoms with Crippen LogP contribution in [0.1, 0.15) is 17.3 Å². The standard InChI is InChI=1S/C15H16Br2N2O2/c1-18-15(14-10(17)7-9(16)8-19-14)13-11(20-2)5-4-6-12(13)21-3/h4-8,15,18H,1-3H3. The SMILES string of the molecule is CNC(c1ncc(Br)cc1Br)c1c(OC)cccc1OC. The minimum absolute atomic E-state index is 0.154. The third kappa shape index (κ3) is 3.39. The molecule has 1 heterocycles. The van der Waals surface area contributed by atoms with Crippen molar-refractivity contribution in [3.8, 4) is 11.5 Å². The van der Waals surface area contributed by atoms with Crippen LogP contribution in [0.25, 0.3) is 0 Å². The van der Waals surface area contributed by atoms with Gasteiger partial charge in [0, 0.05) is 15.1 Å². The molecule has 21 heavy (non-hydrogen) atoms. The highest BCUT2D eigenvalue weighted by atomic mass is 79.9. The second-order valence-corrected chi connectivity index (χ2v) is 6.09. The molecule has 2 aromatic rings. The maximum Gasteiger partial charge on any atom is 0.127 e. The summed E-state index contributed by atoms with van der Waals surface area (Å²) in [7, 11) is 5.18. The van der Waals surface area contributed by atoms with Gasteiger partial charge in [-0.2, -0.15) is 0 Å². The quantitative estimate of drug-likeness (QED) is 0.803. The van der Waals surface area contributed by atoms with Crippen LogP contribution in [0.4, 0.5) is 0 Å². The Hall–Kier alpha value is -1.11. The van der Waals surface area contributed by atoms with Gasteiger partial charge >= 0.3 is 0 Å². The fourth-order valence-electron chi connectivity index (χ4n) is 2.22. The average Bonchev–Trinajstić information content (AvgIpc) is 2.49. The lowest BCUT2D eigenvalue weighted by Crippen LogP contribution is -2.21. The van der Waals surface area contributed by atoms with Gasteiger partial charge in [-0.25, -0.2) is 0 Å². The molecule has 6 heteroatoms. The minimum Gasteiger partial charge on any atom is -0.496 e. The van der Waals surface area contributed by atoms with Crippen molar-refractivity contribution in [3.63, 3.8) is 0 Å². The highest BCUT2D eigenvalue weighted by Crippen LogP contribution is 2.38. The third-order valence-corrected chi connectivity index (χ3v) is 4.22. The summed E-state index contributed by atoms with van der Waals surface area (Å²) in [6.07, 6.45) is 1.77. The maximum absolute atomic E-state index is 5.48. The van der Waals surface area contributed by atoms with E-state index >= 15 is 0 Å². The fourth-order valence-corrected chi connectivity index (χ4v) is 3.44. The molecule has 0 amide bonds. The second kappa shape index (κ2) is 7.24. The van der Waals surface area contributed by atoms with E-state index in [4.69, 9.17) is 9.47 Å². The average molecular weight is 416 g/mol.